The number of ether oxygens (including phenoxy) is 2. The van der Waals surface area contributed by atoms with E-state index in [0.29, 0.717) is 18.2 Å². The molecule has 0 bridgehead atoms. The summed E-state index contributed by atoms with van der Waals surface area (Å²) in [6, 6.07) is 5.63. The van der Waals surface area contributed by atoms with E-state index < -0.39 is 5.97 Å². The monoisotopic (exact) mass is 288 g/mol. The third-order valence-corrected chi connectivity index (χ3v) is 3.60. The third-order valence-electron chi connectivity index (χ3n) is 3.60. The normalized spacial score (nSPS) is 19.0. The van der Waals surface area contributed by atoms with Crippen LogP contribution in [0.3, 0.4) is 0 Å². The van der Waals surface area contributed by atoms with Gasteiger partial charge >= 0.3 is 5.97 Å². The predicted molar refractivity (Wildman–Crippen MR) is 70.8 cm³/mol. The van der Waals surface area contributed by atoms with Crippen LogP contribution in [0, 0.1) is 0 Å². The molecule has 2 aromatic rings. The molecule has 0 aliphatic carbocycles. The van der Waals surface area contributed by atoms with E-state index in [4.69, 9.17) is 14.6 Å². The van der Waals surface area contributed by atoms with E-state index >= 15 is 0 Å². The quantitative estimate of drug-likeness (QED) is 0.854. The van der Waals surface area contributed by atoms with Gasteiger partial charge in [0.25, 0.3) is 5.82 Å². The van der Waals surface area contributed by atoms with Crippen molar-refractivity contribution in [3.8, 4) is 11.5 Å². The average molecular weight is 288 g/mol. The zero-order chi connectivity index (χ0) is 14.4. The third kappa shape index (κ3) is 1.87. The summed E-state index contributed by atoms with van der Waals surface area (Å²) in [5.74, 6) is 0.554. The molecule has 0 saturated carbocycles. The van der Waals surface area contributed by atoms with Gasteiger partial charge in [-0.25, -0.2) is 9.48 Å². The van der Waals surface area contributed by atoms with E-state index in [0.717, 1.165) is 17.7 Å². The van der Waals surface area contributed by atoms with Crippen LogP contribution in [0.15, 0.2) is 18.2 Å². The molecule has 1 aromatic heterocycles. The molecule has 3 heterocycles. The Hall–Kier alpha value is -2.77. The fourth-order valence-electron chi connectivity index (χ4n) is 2.62. The van der Waals surface area contributed by atoms with Gasteiger partial charge in [-0.3, -0.25) is 0 Å². The molecule has 4 rings (SSSR count). The van der Waals surface area contributed by atoms with E-state index in [1.807, 2.05) is 18.2 Å². The number of nitrogens with zero attached hydrogens (tertiary/aromatic N) is 3. The molecule has 0 saturated heterocycles. The van der Waals surface area contributed by atoms with Crippen molar-refractivity contribution in [1.82, 2.24) is 14.8 Å². The van der Waals surface area contributed by atoms with Gasteiger partial charge in [-0.1, -0.05) is 6.07 Å². The van der Waals surface area contributed by atoms with Crippen molar-refractivity contribution in [2.45, 2.75) is 12.5 Å². The molecule has 2 aliphatic heterocycles. The molecule has 1 aromatic carbocycles. The van der Waals surface area contributed by atoms with Crippen LogP contribution < -0.4 is 14.8 Å². The van der Waals surface area contributed by atoms with E-state index in [2.05, 4.69) is 15.4 Å². The first-order valence-electron chi connectivity index (χ1n) is 6.55. The van der Waals surface area contributed by atoms with E-state index in [1.165, 1.54) is 0 Å². The second-order valence-corrected chi connectivity index (χ2v) is 4.85. The Kier molecular flexibility index (Phi) is 2.50. The van der Waals surface area contributed by atoms with Crippen LogP contribution in [-0.4, -0.2) is 39.2 Å². The first-order valence-corrected chi connectivity index (χ1v) is 6.55. The number of hydrogen-bond donors (Lipinski definition) is 2. The summed E-state index contributed by atoms with van der Waals surface area (Å²) in [6.07, 6.45) is 0.787. The van der Waals surface area contributed by atoms with Crippen molar-refractivity contribution in [3.05, 3.63) is 29.6 Å². The molecule has 0 fully saturated rings. The number of carbonyl (C=O) groups is 1. The van der Waals surface area contributed by atoms with Gasteiger partial charge in [-0.15, -0.1) is 5.10 Å². The largest absolute Gasteiger partial charge is 0.475 e. The van der Waals surface area contributed by atoms with E-state index in [-0.39, 0.29) is 18.7 Å². The number of nitrogens with one attached hydrogen (secondary N) is 1. The van der Waals surface area contributed by atoms with Gasteiger partial charge in [0.05, 0.1) is 6.04 Å². The van der Waals surface area contributed by atoms with Crippen LogP contribution in [-0.2, 0) is 0 Å². The van der Waals surface area contributed by atoms with Crippen LogP contribution >= 0.6 is 0 Å². The SMILES string of the molecule is O=C(O)c1nc2n(n1)C(c1ccc3c(c1)OCO3)CCN2. The zero-order valence-electron chi connectivity index (χ0n) is 10.9. The van der Waals surface area contributed by atoms with Gasteiger partial charge < -0.3 is 19.9 Å². The number of rotatable bonds is 2. The number of anilines is 1. The molecule has 21 heavy (non-hydrogen) atoms. The minimum Gasteiger partial charge on any atom is -0.475 e. The zero-order valence-corrected chi connectivity index (χ0v) is 10.9. The lowest BCUT2D eigenvalue weighted by molar-refractivity contribution is 0.0683. The number of carboxylic acids is 1. The summed E-state index contributed by atoms with van der Waals surface area (Å²) in [7, 11) is 0. The van der Waals surface area contributed by atoms with Crippen LogP contribution in [0.5, 0.6) is 11.5 Å². The maximum absolute atomic E-state index is 11.0. The summed E-state index contributed by atoms with van der Waals surface area (Å²) < 4.78 is 12.3. The molecule has 2 N–H and O–H groups in total. The fourth-order valence-corrected chi connectivity index (χ4v) is 2.62. The highest BCUT2D eigenvalue weighted by Gasteiger charge is 2.27. The van der Waals surface area contributed by atoms with Crippen LogP contribution in [0.2, 0.25) is 0 Å². The summed E-state index contributed by atoms with van der Waals surface area (Å²) in [5, 5.41) is 16.1. The smallest absolute Gasteiger partial charge is 0.375 e. The summed E-state index contributed by atoms with van der Waals surface area (Å²) in [5.41, 5.74) is 0.990. The van der Waals surface area contributed by atoms with Gasteiger partial charge in [0.1, 0.15) is 0 Å². The number of carboxylic acid groups (broad SMARTS) is 1. The summed E-state index contributed by atoms with van der Waals surface area (Å²) in [6.45, 7) is 0.930. The van der Waals surface area contributed by atoms with E-state index in [9.17, 15) is 4.79 Å². The Morgan fingerprint density at radius 1 is 1.38 bits per heavy atom. The Balaban J connectivity index is 1.75. The van der Waals surface area contributed by atoms with Crippen molar-refractivity contribution >= 4 is 11.9 Å². The van der Waals surface area contributed by atoms with Gasteiger partial charge in [0.15, 0.2) is 11.5 Å². The van der Waals surface area contributed by atoms with Gasteiger partial charge in [-0.2, -0.15) is 4.98 Å². The van der Waals surface area contributed by atoms with Gasteiger partial charge in [-0.05, 0) is 24.1 Å². The van der Waals surface area contributed by atoms with Crippen LogP contribution in [0.25, 0.3) is 0 Å². The molecule has 1 unspecified atom stereocenters. The highest BCUT2D eigenvalue weighted by Crippen LogP contribution is 2.37. The summed E-state index contributed by atoms with van der Waals surface area (Å²) in [4.78, 5) is 15.0. The van der Waals surface area contributed by atoms with Crippen molar-refractivity contribution in [3.63, 3.8) is 0 Å². The standard InChI is InChI=1S/C13H12N4O4/c18-12(19)11-15-13-14-4-3-8(17(13)16-11)7-1-2-9-10(5-7)21-6-20-9/h1-2,5,8H,3-4,6H2,(H,18,19)(H,14,15,16). The molecule has 1 atom stereocenters. The molecule has 8 heteroatoms. The molecule has 108 valence electrons. The molecule has 8 nitrogen and oxygen atoms in total. The fraction of sp³-hybridized carbons (Fsp3) is 0.308. The van der Waals surface area contributed by atoms with Crippen LogP contribution in [0.1, 0.15) is 28.6 Å². The Labute approximate surface area is 119 Å². The highest BCUT2D eigenvalue weighted by molar-refractivity contribution is 5.83. The number of fused-ring (bicyclic) bond motifs is 2. The molecular formula is C13H12N4O4. The minimum absolute atomic E-state index is 0.0728. The second kappa shape index (κ2) is 4.37. The Morgan fingerprint density at radius 2 is 2.24 bits per heavy atom. The molecule has 0 spiro atoms. The van der Waals surface area contributed by atoms with Crippen molar-refractivity contribution in [1.29, 1.82) is 0 Å². The average Bonchev–Trinajstić information content (AvgIpc) is 3.12. The highest BCUT2D eigenvalue weighted by atomic mass is 16.7. The lowest BCUT2D eigenvalue weighted by atomic mass is 10.0. The molecule has 2 aliphatic rings. The van der Waals surface area contributed by atoms with Crippen molar-refractivity contribution in [2.75, 3.05) is 18.7 Å². The van der Waals surface area contributed by atoms with E-state index in [1.54, 1.807) is 4.68 Å². The summed E-state index contributed by atoms with van der Waals surface area (Å²) >= 11 is 0. The minimum atomic E-state index is -1.14. The molecule has 0 radical (unpaired) electrons. The topological polar surface area (TPSA) is 98.5 Å². The Bertz CT molecular complexity index is 727. The predicted octanol–water partition coefficient (Wildman–Crippen LogP) is 1.11. The first-order chi connectivity index (χ1) is 10.2. The maximum Gasteiger partial charge on any atom is 0.375 e. The number of aromatic nitrogens is 3. The molecular weight excluding hydrogens is 276 g/mol. The lowest BCUT2D eigenvalue weighted by Gasteiger charge is -2.24. The second-order valence-electron chi connectivity index (χ2n) is 4.85. The molecule has 0 amide bonds. The lowest BCUT2D eigenvalue weighted by Crippen LogP contribution is -2.24. The maximum atomic E-state index is 11.0. The number of aromatic carboxylic acids is 1. The number of hydrogen-bond acceptors (Lipinski definition) is 6. The Morgan fingerprint density at radius 3 is 3.10 bits per heavy atom. The van der Waals surface area contributed by atoms with Crippen molar-refractivity contribution in [2.24, 2.45) is 0 Å². The van der Waals surface area contributed by atoms with Crippen molar-refractivity contribution < 1.29 is 19.4 Å². The number of benzene rings is 1. The first kappa shape index (κ1) is 12.0. The van der Waals surface area contributed by atoms with Gasteiger partial charge in [0, 0.05) is 6.54 Å². The van der Waals surface area contributed by atoms with Gasteiger partial charge in [0.2, 0.25) is 12.7 Å². The van der Waals surface area contributed by atoms with Crippen LogP contribution in [0.4, 0.5) is 5.95 Å².